The lowest BCUT2D eigenvalue weighted by Gasteiger charge is -2.43. The largest absolute Gasteiger partial charge is 0.492 e. The number of hydroxylamine groups is 2. The van der Waals surface area contributed by atoms with Crippen LogP contribution in [0, 0.1) is 0 Å². The van der Waals surface area contributed by atoms with Crippen molar-refractivity contribution in [3.8, 4) is 0 Å². The number of methoxy groups -OCH3 is 1. The number of halogens is 3. The van der Waals surface area contributed by atoms with Crippen molar-refractivity contribution < 1.29 is 32.6 Å². The molecule has 0 amide bonds. The van der Waals surface area contributed by atoms with Crippen LogP contribution in [0.1, 0.15) is 0 Å². The van der Waals surface area contributed by atoms with Crippen molar-refractivity contribution in [2.24, 2.45) is 0 Å². The fourth-order valence-electron chi connectivity index (χ4n) is 1.20. The molecule has 0 aromatic carbocycles. The van der Waals surface area contributed by atoms with E-state index in [2.05, 4.69) is 9.57 Å². The second kappa shape index (κ2) is 3.95. The Balaban J connectivity index is 2.32. The Morgan fingerprint density at radius 1 is 1.53 bits per heavy atom. The van der Waals surface area contributed by atoms with Gasteiger partial charge in [0.05, 0.1) is 19.7 Å². The van der Waals surface area contributed by atoms with Crippen molar-refractivity contribution in [3.05, 3.63) is 0 Å². The van der Waals surface area contributed by atoms with Gasteiger partial charge in [-0.3, -0.25) is 0 Å². The fourth-order valence-corrected chi connectivity index (χ4v) is 1.20. The number of β-amino-alcohol motifs (C(OH)–C–C–N with tert-alkyl or cyclic N) is 1. The molecule has 0 bridgehead atoms. The van der Waals surface area contributed by atoms with E-state index < -0.39 is 17.7 Å². The summed E-state index contributed by atoms with van der Waals surface area (Å²) in [4.78, 5) is 14.3. The minimum Gasteiger partial charge on any atom is -0.385 e. The molecule has 1 aliphatic rings. The van der Waals surface area contributed by atoms with Crippen LogP contribution in [0.5, 0.6) is 0 Å². The van der Waals surface area contributed by atoms with Gasteiger partial charge in [-0.2, -0.15) is 13.2 Å². The summed E-state index contributed by atoms with van der Waals surface area (Å²) in [7, 11) is 1.35. The van der Waals surface area contributed by atoms with E-state index in [0.29, 0.717) is 0 Å². The van der Waals surface area contributed by atoms with Crippen LogP contribution in [0.15, 0.2) is 0 Å². The molecular weight excluding hydrogens is 219 g/mol. The second-order valence-electron chi connectivity index (χ2n) is 3.33. The van der Waals surface area contributed by atoms with E-state index >= 15 is 0 Å². The third kappa shape index (κ3) is 3.05. The minimum absolute atomic E-state index is 0.0208. The van der Waals surface area contributed by atoms with Crippen LogP contribution in [0.3, 0.4) is 0 Å². The molecule has 0 saturated carbocycles. The van der Waals surface area contributed by atoms with Gasteiger partial charge in [0.2, 0.25) is 0 Å². The Kier molecular flexibility index (Phi) is 3.22. The summed E-state index contributed by atoms with van der Waals surface area (Å²) in [5, 5.41) is 10.2. The Morgan fingerprint density at radius 2 is 2.07 bits per heavy atom. The molecule has 1 saturated heterocycles. The molecule has 0 spiro atoms. The smallest absolute Gasteiger partial charge is 0.385 e. The molecule has 0 unspecified atom stereocenters. The number of alkyl halides is 3. The zero-order valence-electron chi connectivity index (χ0n) is 7.87. The van der Waals surface area contributed by atoms with E-state index in [9.17, 15) is 23.1 Å². The van der Waals surface area contributed by atoms with Crippen molar-refractivity contribution in [1.29, 1.82) is 0 Å². The zero-order valence-corrected chi connectivity index (χ0v) is 7.87. The maximum absolute atomic E-state index is 11.7. The van der Waals surface area contributed by atoms with Crippen LogP contribution < -0.4 is 0 Å². The average molecular weight is 229 g/mol. The van der Waals surface area contributed by atoms with E-state index in [0.717, 1.165) is 5.06 Å². The Bertz CT molecular complexity index is 249. The molecule has 0 aromatic rings. The lowest BCUT2D eigenvalue weighted by Crippen LogP contribution is -2.64. The maximum atomic E-state index is 11.7. The van der Waals surface area contributed by atoms with E-state index in [-0.39, 0.29) is 19.7 Å². The van der Waals surface area contributed by atoms with E-state index in [4.69, 9.17) is 0 Å². The first-order valence-electron chi connectivity index (χ1n) is 4.02. The first-order chi connectivity index (χ1) is 6.77. The number of nitrogens with zero attached hydrogens (tertiary/aromatic N) is 1. The van der Waals surface area contributed by atoms with Crippen molar-refractivity contribution in [2.75, 3.05) is 26.8 Å². The number of hydrogen-bond acceptors (Lipinski definition) is 5. The summed E-state index contributed by atoms with van der Waals surface area (Å²) in [6.07, 6.45) is -5.02. The number of carbonyl (C=O) groups is 1. The molecule has 8 heteroatoms. The standard InChI is InChI=1S/C7H10F3NO4/c1-14-4-6(13)2-11(3-6)15-5(12)7(8,9)10/h13H,2-4H2,1H3. The van der Waals surface area contributed by atoms with Gasteiger partial charge < -0.3 is 14.7 Å². The summed E-state index contributed by atoms with van der Waals surface area (Å²) in [6.45, 7) is -0.404. The molecule has 0 aliphatic carbocycles. The molecule has 0 aromatic heterocycles. The Morgan fingerprint density at radius 3 is 2.47 bits per heavy atom. The lowest BCUT2D eigenvalue weighted by molar-refractivity contribution is -0.290. The SMILES string of the molecule is COCC1(O)CN(OC(=O)C(F)(F)F)C1. The topological polar surface area (TPSA) is 59.0 Å². The number of rotatable bonds is 3. The first kappa shape index (κ1) is 12.2. The van der Waals surface area contributed by atoms with E-state index in [1.54, 1.807) is 0 Å². The van der Waals surface area contributed by atoms with Crippen molar-refractivity contribution in [2.45, 2.75) is 11.8 Å². The molecule has 1 fully saturated rings. The van der Waals surface area contributed by atoms with Crippen molar-refractivity contribution >= 4 is 5.97 Å². The third-order valence-electron chi connectivity index (χ3n) is 1.80. The summed E-state index contributed by atoms with van der Waals surface area (Å²) in [5.74, 6) is -2.29. The highest BCUT2D eigenvalue weighted by molar-refractivity contribution is 5.75. The Hall–Kier alpha value is -0.860. The molecular formula is C7H10F3NO4. The van der Waals surface area contributed by atoms with Crippen molar-refractivity contribution in [3.63, 3.8) is 0 Å². The Labute approximate surface area is 83.3 Å². The van der Waals surface area contributed by atoms with Gasteiger partial charge in [-0.15, -0.1) is 5.06 Å². The van der Waals surface area contributed by atoms with Crippen molar-refractivity contribution in [1.82, 2.24) is 5.06 Å². The first-order valence-corrected chi connectivity index (χ1v) is 4.02. The highest BCUT2D eigenvalue weighted by Crippen LogP contribution is 2.24. The van der Waals surface area contributed by atoms with Crippen LogP contribution in [-0.2, 0) is 14.4 Å². The van der Waals surface area contributed by atoms with Gasteiger partial charge in [0.25, 0.3) is 0 Å². The molecule has 88 valence electrons. The molecule has 0 atom stereocenters. The number of ether oxygens (including phenoxy) is 1. The minimum atomic E-state index is -5.02. The molecule has 5 nitrogen and oxygen atoms in total. The third-order valence-corrected chi connectivity index (χ3v) is 1.80. The predicted octanol–water partition coefficient (Wildman–Crippen LogP) is -0.300. The predicted molar refractivity (Wildman–Crippen MR) is 40.5 cm³/mol. The lowest BCUT2D eigenvalue weighted by atomic mass is 9.98. The van der Waals surface area contributed by atoms with E-state index in [1.165, 1.54) is 7.11 Å². The monoisotopic (exact) mass is 229 g/mol. The van der Waals surface area contributed by atoms with Gasteiger partial charge in [0.1, 0.15) is 5.60 Å². The summed E-state index contributed by atoms with van der Waals surface area (Å²) < 4.78 is 39.8. The van der Waals surface area contributed by atoms with Gasteiger partial charge in [0, 0.05) is 7.11 Å². The van der Waals surface area contributed by atoms with Gasteiger partial charge in [0.15, 0.2) is 0 Å². The summed E-state index contributed by atoms with van der Waals surface area (Å²) in [5.41, 5.74) is -1.24. The number of carbonyl (C=O) groups excluding carboxylic acids is 1. The summed E-state index contributed by atoms with van der Waals surface area (Å²) in [6, 6.07) is 0. The highest BCUT2D eigenvalue weighted by atomic mass is 19.4. The van der Waals surface area contributed by atoms with Crippen LogP contribution in [0.4, 0.5) is 13.2 Å². The van der Waals surface area contributed by atoms with Crippen LogP contribution in [-0.4, -0.2) is 54.7 Å². The summed E-state index contributed by atoms with van der Waals surface area (Å²) >= 11 is 0. The van der Waals surface area contributed by atoms with E-state index in [1.807, 2.05) is 0 Å². The fraction of sp³-hybridized carbons (Fsp3) is 0.857. The maximum Gasteiger partial charge on any atom is 0.492 e. The highest BCUT2D eigenvalue weighted by Gasteiger charge is 2.48. The number of hydrogen-bond donors (Lipinski definition) is 1. The van der Waals surface area contributed by atoms with Gasteiger partial charge >= 0.3 is 12.1 Å². The normalized spacial score (nSPS) is 20.9. The average Bonchev–Trinajstić information content (AvgIpc) is 1.99. The second-order valence-corrected chi connectivity index (χ2v) is 3.33. The van der Waals surface area contributed by atoms with Gasteiger partial charge in [-0.25, -0.2) is 4.79 Å². The zero-order chi connectivity index (χ0) is 11.7. The van der Waals surface area contributed by atoms with Gasteiger partial charge in [-0.1, -0.05) is 0 Å². The molecule has 1 N–H and O–H groups in total. The molecule has 1 heterocycles. The van der Waals surface area contributed by atoms with Gasteiger partial charge in [-0.05, 0) is 0 Å². The molecule has 1 aliphatic heterocycles. The van der Waals surface area contributed by atoms with Crippen LogP contribution >= 0.6 is 0 Å². The molecule has 1 rings (SSSR count). The van der Waals surface area contributed by atoms with Crippen LogP contribution in [0.25, 0.3) is 0 Å². The molecule has 0 radical (unpaired) electrons. The molecule has 15 heavy (non-hydrogen) atoms. The number of aliphatic hydroxyl groups is 1. The van der Waals surface area contributed by atoms with Crippen LogP contribution in [0.2, 0.25) is 0 Å². The quantitative estimate of drug-likeness (QED) is 0.720.